The van der Waals surface area contributed by atoms with E-state index in [4.69, 9.17) is 9.47 Å². The summed E-state index contributed by atoms with van der Waals surface area (Å²) in [6.45, 7) is 3.19. The minimum atomic E-state index is 0.132. The van der Waals surface area contributed by atoms with E-state index in [1.807, 2.05) is 66.5 Å². The third-order valence-electron chi connectivity index (χ3n) is 6.29. The van der Waals surface area contributed by atoms with E-state index < -0.39 is 0 Å². The van der Waals surface area contributed by atoms with Gasteiger partial charge in [0.15, 0.2) is 11.5 Å². The zero-order valence-electron chi connectivity index (χ0n) is 20.6. The molecule has 1 aliphatic rings. The molecule has 0 unspecified atom stereocenters. The first-order valence-corrected chi connectivity index (χ1v) is 12.5. The van der Waals surface area contributed by atoms with Crippen LogP contribution in [0.15, 0.2) is 72.9 Å². The van der Waals surface area contributed by atoms with E-state index in [1.54, 1.807) is 6.20 Å². The molecule has 6 heteroatoms. The van der Waals surface area contributed by atoms with Gasteiger partial charge in [-0.25, -0.2) is 4.98 Å². The molecule has 3 aromatic rings. The summed E-state index contributed by atoms with van der Waals surface area (Å²) in [4.78, 5) is 21.7. The third-order valence-corrected chi connectivity index (χ3v) is 6.29. The number of carbonyl (C=O) groups is 1. The molecule has 1 aromatic heterocycles. The fourth-order valence-corrected chi connectivity index (χ4v) is 4.20. The molecule has 0 fully saturated rings. The van der Waals surface area contributed by atoms with Crippen molar-refractivity contribution in [3.63, 3.8) is 0 Å². The van der Waals surface area contributed by atoms with Crippen LogP contribution in [0.1, 0.15) is 36.8 Å². The van der Waals surface area contributed by atoms with E-state index in [2.05, 4.69) is 22.0 Å². The number of benzene rings is 2. The SMILES string of the molecule is CN(CCc1ccccc1)C(=O)CN1CCCCCCOc2ccccc2Oc2ncccc2C1. The van der Waals surface area contributed by atoms with Crippen molar-refractivity contribution >= 4 is 5.91 Å². The predicted octanol–water partition coefficient (Wildman–Crippen LogP) is 5.33. The topological polar surface area (TPSA) is 54.9 Å². The maximum Gasteiger partial charge on any atom is 0.236 e. The molecule has 0 saturated carbocycles. The molecule has 184 valence electrons. The van der Waals surface area contributed by atoms with Gasteiger partial charge in [0.2, 0.25) is 11.8 Å². The number of hydrogen-bond donors (Lipinski definition) is 0. The highest BCUT2D eigenvalue weighted by Crippen LogP contribution is 2.32. The molecule has 0 saturated heterocycles. The summed E-state index contributed by atoms with van der Waals surface area (Å²) in [7, 11) is 1.89. The number of nitrogens with zero attached hydrogens (tertiary/aromatic N) is 3. The molecule has 0 radical (unpaired) electrons. The van der Waals surface area contributed by atoms with Gasteiger partial charge in [-0.3, -0.25) is 9.69 Å². The number of ether oxygens (including phenoxy) is 2. The summed E-state index contributed by atoms with van der Waals surface area (Å²) in [6.07, 6.45) is 6.82. The van der Waals surface area contributed by atoms with Crippen molar-refractivity contribution < 1.29 is 14.3 Å². The maximum atomic E-state index is 13.1. The van der Waals surface area contributed by atoms with Crippen molar-refractivity contribution in [3.05, 3.63) is 84.1 Å². The van der Waals surface area contributed by atoms with Gasteiger partial charge < -0.3 is 14.4 Å². The van der Waals surface area contributed by atoms with E-state index in [0.717, 1.165) is 50.0 Å². The Morgan fingerprint density at radius 2 is 1.71 bits per heavy atom. The minimum Gasteiger partial charge on any atom is -0.490 e. The third kappa shape index (κ3) is 7.55. The zero-order valence-corrected chi connectivity index (χ0v) is 20.6. The van der Waals surface area contributed by atoms with E-state index in [-0.39, 0.29) is 5.91 Å². The summed E-state index contributed by atoms with van der Waals surface area (Å²) in [5.74, 6) is 2.07. The minimum absolute atomic E-state index is 0.132. The molecule has 0 spiro atoms. The molecular weight excluding hydrogens is 438 g/mol. The van der Waals surface area contributed by atoms with Gasteiger partial charge >= 0.3 is 0 Å². The molecule has 0 atom stereocenters. The summed E-state index contributed by atoms with van der Waals surface area (Å²) in [6, 6.07) is 22.0. The van der Waals surface area contributed by atoms with Gasteiger partial charge in [-0.15, -0.1) is 0 Å². The monoisotopic (exact) mass is 473 g/mol. The van der Waals surface area contributed by atoms with Crippen LogP contribution in [0.3, 0.4) is 0 Å². The van der Waals surface area contributed by atoms with Gasteiger partial charge in [-0.05, 0) is 49.6 Å². The second-order valence-electron chi connectivity index (χ2n) is 9.04. The number of aromatic nitrogens is 1. The second-order valence-corrected chi connectivity index (χ2v) is 9.04. The fourth-order valence-electron chi connectivity index (χ4n) is 4.20. The number of pyridine rings is 1. The Balaban J connectivity index is 1.46. The summed E-state index contributed by atoms with van der Waals surface area (Å²) >= 11 is 0. The quantitative estimate of drug-likeness (QED) is 0.501. The Bertz CT molecular complexity index is 1070. The lowest BCUT2D eigenvalue weighted by atomic mass is 10.1. The van der Waals surface area contributed by atoms with E-state index in [1.165, 1.54) is 5.56 Å². The van der Waals surface area contributed by atoms with Crippen molar-refractivity contribution in [2.24, 2.45) is 0 Å². The van der Waals surface area contributed by atoms with Crippen LogP contribution < -0.4 is 9.47 Å². The van der Waals surface area contributed by atoms with Crippen LogP contribution in [0.25, 0.3) is 0 Å². The van der Waals surface area contributed by atoms with Gasteiger partial charge in [0.25, 0.3) is 0 Å². The van der Waals surface area contributed by atoms with Crippen LogP contribution >= 0.6 is 0 Å². The Labute approximate surface area is 208 Å². The Morgan fingerprint density at radius 3 is 2.57 bits per heavy atom. The number of carbonyl (C=O) groups excluding carboxylic acids is 1. The van der Waals surface area contributed by atoms with Gasteiger partial charge in [-0.1, -0.05) is 61.4 Å². The highest BCUT2D eigenvalue weighted by atomic mass is 16.5. The lowest BCUT2D eigenvalue weighted by Crippen LogP contribution is -2.39. The number of para-hydroxylation sites is 2. The molecule has 2 heterocycles. The molecule has 35 heavy (non-hydrogen) atoms. The van der Waals surface area contributed by atoms with Crippen LogP contribution in [-0.4, -0.2) is 54.0 Å². The van der Waals surface area contributed by atoms with Crippen molar-refractivity contribution in [1.29, 1.82) is 0 Å². The summed E-state index contributed by atoms with van der Waals surface area (Å²) < 4.78 is 12.2. The van der Waals surface area contributed by atoms with Gasteiger partial charge in [0, 0.05) is 31.9 Å². The van der Waals surface area contributed by atoms with E-state index in [9.17, 15) is 4.79 Å². The number of amides is 1. The Kier molecular flexibility index (Phi) is 9.12. The number of fused-ring (bicyclic) bond motifs is 2. The molecule has 6 nitrogen and oxygen atoms in total. The van der Waals surface area contributed by atoms with Crippen LogP contribution in [0, 0.1) is 0 Å². The van der Waals surface area contributed by atoms with Gasteiger partial charge in [0.05, 0.1) is 13.2 Å². The van der Waals surface area contributed by atoms with E-state index >= 15 is 0 Å². The molecule has 2 aromatic carbocycles. The van der Waals surface area contributed by atoms with Crippen LogP contribution in [0.5, 0.6) is 17.4 Å². The van der Waals surface area contributed by atoms with Gasteiger partial charge in [0.1, 0.15) is 0 Å². The van der Waals surface area contributed by atoms with Crippen molar-refractivity contribution in [1.82, 2.24) is 14.8 Å². The highest BCUT2D eigenvalue weighted by molar-refractivity contribution is 5.78. The molecule has 1 aliphatic heterocycles. The smallest absolute Gasteiger partial charge is 0.236 e. The summed E-state index contributed by atoms with van der Waals surface area (Å²) in [5, 5.41) is 0. The average molecular weight is 474 g/mol. The lowest BCUT2D eigenvalue weighted by Gasteiger charge is -2.26. The Hall–Kier alpha value is -3.38. The van der Waals surface area contributed by atoms with Gasteiger partial charge in [-0.2, -0.15) is 0 Å². The normalized spacial score (nSPS) is 15.0. The average Bonchev–Trinajstić information content (AvgIpc) is 2.88. The zero-order chi connectivity index (χ0) is 24.3. The number of rotatable bonds is 5. The highest BCUT2D eigenvalue weighted by Gasteiger charge is 2.18. The lowest BCUT2D eigenvalue weighted by molar-refractivity contribution is -0.131. The molecule has 4 rings (SSSR count). The molecule has 1 amide bonds. The number of likely N-dealkylation sites (N-methyl/N-ethyl adjacent to an activating group) is 1. The van der Waals surface area contributed by atoms with Crippen molar-refractivity contribution in [2.75, 3.05) is 33.3 Å². The second kappa shape index (κ2) is 12.9. The molecule has 0 N–H and O–H groups in total. The van der Waals surface area contributed by atoms with Crippen molar-refractivity contribution in [2.45, 2.75) is 38.6 Å². The largest absolute Gasteiger partial charge is 0.490 e. The van der Waals surface area contributed by atoms with Crippen molar-refractivity contribution in [3.8, 4) is 17.4 Å². The fraction of sp³-hybridized carbons (Fsp3) is 0.379. The molecule has 0 aliphatic carbocycles. The van der Waals surface area contributed by atoms with E-state index in [0.29, 0.717) is 37.9 Å². The first-order valence-electron chi connectivity index (χ1n) is 12.5. The molecular formula is C29H35N3O3. The first kappa shape index (κ1) is 24.7. The van der Waals surface area contributed by atoms with Crippen LogP contribution in [-0.2, 0) is 17.8 Å². The summed E-state index contributed by atoms with van der Waals surface area (Å²) in [5.41, 5.74) is 2.20. The van der Waals surface area contributed by atoms with Crippen LogP contribution in [0.4, 0.5) is 0 Å². The molecule has 0 bridgehead atoms. The predicted molar refractivity (Wildman–Crippen MR) is 138 cm³/mol. The van der Waals surface area contributed by atoms with Crippen LogP contribution in [0.2, 0.25) is 0 Å². The number of hydrogen-bond acceptors (Lipinski definition) is 5. The maximum absolute atomic E-state index is 13.1. The standard InChI is InChI=1S/C29H35N3O3/c1-31(20-17-24-12-5-4-6-13-24)28(33)23-32-19-9-2-3-10-21-34-26-15-7-8-16-27(26)35-29-25(22-32)14-11-18-30-29/h4-8,11-16,18H,2-3,9-10,17,19-23H2,1H3. The first-order chi connectivity index (χ1) is 17.2. The Morgan fingerprint density at radius 1 is 0.943 bits per heavy atom.